The highest BCUT2D eigenvalue weighted by molar-refractivity contribution is 6.12. The van der Waals surface area contributed by atoms with Crippen LogP contribution in [0.15, 0.2) is 61.2 Å². The maximum absolute atomic E-state index is 12.3. The van der Waals surface area contributed by atoms with Crippen LogP contribution in [0.1, 0.15) is 91.9 Å². The molecule has 0 saturated carbocycles. The Morgan fingerprint density at radius 1 is 0.312 bits per heavy atom. The van der Waals surface area contributed by atoms with Gasteiger partial charge in [-0.05, 0) is 58.0 Å². The molecule has 0 amide bonds. The smallest absolute Gasteiger partial charge is 0.340 e. The highest BCUT2D eigenvalue weighted by atomic mass is 35.5. The van der Waals surface area contributed by atoms with Gasteiger partial charge in [-0.3, -0.25) is 19.9 Å². The lowest BCUT2D eigenvalue weighted by molar-refractivity contribution is 0.0518. The minimum Gasteiger partial charge on any atom is -0.497 e. The minimum absolute atomic E-state index is 0. The Morgan fingerprint density at radius 3 is 0.990 bits per heavy atom. The summed E-state index contributed by atoms with van der Waals surface area (Å²) in [4.78, 5) is 65.7. The van der Waals surface area contributed by atoms with E-state index in [-0.39, 0.29) is 151 Å². The number of benzene rings is 4. The summed E-state index contributed by atoms with van der Waals surface area (Å²) in [5.74, 6) is 2.94. The predicted molar refractivity (Wildman–Crippen MR) is 386 cm³/mol. The molecule has 8 aromatic rings. The predicted octanol–water partition coefficient (Wildman–Crippen LogP) is 10.9. The molecule has 4 aromatic heterocycles. The van der Waals surface area contributed by atoms with E-state index in [1.54, 1.807) is 92.5 Å². The Labute approximate surface area is 606 Å². The molecule has 0 radical (unpaired) electrons. The van der Waals surface area contributed by atoms with Crippen LogP contribution in [0.5, 0.6) is 57.5 Å². The molecule has 0 bridgehead atoms. The van der Waals surface area contributed by atoms with E-state index < -0.39 is 23.9 Å². The number of hydrogen-bond donors (Lipinski definition) is 4. The molecule has 26 nitrogen and oxygen atoms in total. The van der Waals surface area contributed by atoms with Crippen molar-refractivity contribution < 1.29 is 85.5 Å². The van der Waals surface area contributed by atoms with Gasteiger partial charge in [0.25, 0.3) is 0 Å². The molecule has 536 valence electrons. The standard InChI is InChI=1S/2C16H20N2O5.2C15H18N2O4.8ClH/c1-5-23-16(19)10-8-18-11(7-17)9-6-12(20-2)14(21-3)15(22-4)13(9)10;1-5-23-16(19)10-8-18-11(7-17)13-9(10)6-12(20-2)14(21-3)15(13)22-4;1-4-21-15(18)11-8-17-12(7-16)14-10(11)5-9(19-2)6-13(14)20-3;1-4-21-15(18)9-8-17-10(7-16)14-12(20-3)6-5-11(19-2)13(9)14;;;;;;;;/h2*6,8H,5,7,17H2,1-4H3;2*5-6,8H,4,7,16H2,1-3H3;8*1H. The first kappa shape index (κ1) is 95.0. The maximum atomic E-state index is 12.3. The number of esters is 4. The number of rotatable bonds is 22. The summed E-state index contributed by atoms with van der Waals surface area (Å²) in [6, 6.07) is 10.4. The zero-order chi connectivity index (χ0) is 64.8. The normalized spacial score (nSPS) is 9.60. The zero-order valence-corrected chi connectivity index (χ0v) is 61.7. The van der Waals surface area contributed by atoms with Crippen molar-refractivity contribution in [3.8, 4) is 57.5 Å². The van der Waals surface area contributed by atoms with E-state index >= 15 is 0 Å². The molecular weight excluding hydrogens is 1430 g/mol. The van der Waals surface area contributed by atoms with Gasteiger partial charge in [0.1, 0.15) is 23.0 Å². The summed E-state index contributed by atoms with van der Waals surface area (Å²) in [6.07, 6.45) is 5.83. The average molecular weight is 1510 g/mol. The number of fused-ring (bicyclic) bond motifs is 4. The fourth-order valence-electron chi connectivity index (χ4n) is 9.34. The summed E-state index contributed by atoms with van der Waals surface area (Å²) in [5, 5.41) is 5.03. The molecule has 0 atom stereocenters. The summed E-state index contributed by atoms with van der Waals surface area (Å²) in [7, 11) is 15.2. The van der Waals surface area contributed by atoms with Crippen molar-refractivity contribution in [3.05, 3.63) is 106 Å². The fourth-order valence-corrected chi connectivity index (χ4v) is 9.34. The number of carbonyl (C=O) groups excluding carboxylic acids is 4. The number of hydrogen-bond acceptors (Lipinski definition) is 26. The van der Waals surface area contributed by atoms with E-state index in [1.165, 1.54) is 67.4 Å². The molecule has 0 aliphatic carbocycles. The first-order chi connectivity index (χ1) is 42.6. The molecule has 8 rings (SSSR count). The quantitative estimate of drug-likeness (QED) is 0.0362. The van der Waals surface area contributed by atoms with Crippen LogP contribution < -0.4 is 70.3 Å². The Bertz CT molecular complexity index is 3800. The molecule has 0 aliphatic heterocycles. The van der Waals surface area contributed by atoms with Crippen molar-refractivity contribution >= 4 is 166 Å². The molecule has 34 heteroatoms. The second kappa shape index (κ2) is 46.7. The number of ether oxygens (including phenoxy) is 14. The van der Waals surface area contributed by atoms with Gasteiger partial charge in [-0.15, -0.1) is 99.3 Å². The SMILES string of the molecule is CCOC(=O)c1cnc(CN)c2c(OC)c(OC)c(OC)cc12.CCOC(=O)c1cnc(CN)c2c(OC)cc(OC)cc12.CCOC(=O)c1cnc(CN)c2c(OC)ccc(OC)c12.CCOC(=O)c1cnc(CN)c2cc(OC)c(OC)c(OC)c12.Cl.Cl.Cl.Cl.Cl.Cl.Cl.Cl. The molecule has 8 N–H and O–H groups in total. The van der Waals surface area contributed by atoms with Crippen LogP contribution in [0.25, 0.3) is 43.1 Å². The van der Waals surface area contributed by atoms with Gasteiger partial charge in [0.05, 0.1) is 153 Å². The number of methoxy groups -OCH3 is 10. The Morgan fingerprint density at radius 2 is 0.625 bits per heavy atom. The van der Waals surface area contributed by atoms with Crippen molar-refractivity contribution in [2.75, 3.05) is 97.5 Å². The molecule has 0 saturated heterocycles. The first-order valence-corrected chi connectivity index (χ1v) is 27.3. The van der Waals surface area contributed by atoms with Crippen LogP contribution in [-0.4, -0.2) is 141 Å². The Balaban J connectivity index is -0.000000572. The van der Waals surface area contributed by atoms with E-state index in [1.807, 2.05) is 0 Å². The number of nitrogens with two attached hydrogens (primary N) is 4. The van der Waals surface area contributed by atoms with Crippen LogP contribution >= 0.6 is 99.3 Å². The third-order valence-corrected chi connectivity index (χ3v) is 13.2. The van der Waals surface area contributed by atoms with Crippen molar-refractivity contribution in [2.45, 2.75) is 53.9 Å². The average Bonchev–Trinajstić information content (AvgIpc) is 0.785. The van der Waals surface area contributed by atoms with E-state index in [9.17, 15) is 19.2 Å². The molecule has 0 spiro atoms. The van der Waals surface area contributed by atoms with Crippen LogP contribution in [0.2, 0.25) is 0 Å². The number of pyridine rings is 4. The lowest BCUT2D eigenvalue weighted by atomic mass is 10.0. The van der Waals surface area contributed by atoms with Crippen molar-refractivity contribution in [1.29, 1.82) is 0 Å². The van der Waals surface area contributed by atoms with E-state index in [0.29, 0.717) is 147 Å². The summed E-state index contributed by atoms with van der Waals surface area (Å²) < 4.78 is 74.1. The summed E-state index contributed by atoms with van der Waals surface area (Å²) in [5.41, 5.74) is 26.8. The second-order valence-electron chi connectivity index (χ2n) is 17.8. The van der Waals surface area contributed by atoms with Gasteiger partial charge in [-0.1, -0.05) is 0 Å². The molecule has 0 unspecified atom stereocenters. The second-order valence-corrected chi connectivity index (χ2v) is 17.8. The molecule has 0 aliphatic rings. The van der Waals surface area contributed by atoms with Gasteiger partial charge in [-0.25, -0.2) is 19.2 Å². The Hall–Kier alpha value is -7.44. The van der Waals surface area contributed by atoms with Gasteiger partial charge >= 0.3 is 23.9 Å². The van der Waals surface area contributed by atoms with E-state index in [0.717, 1.165) is 0 Å². The number of carbonyl (C=O) groups is 4. The largest absolute Gasteiger partial charge is 0.497 e. The summed E-state index contributed by atoms with van der Waals surface area (Å²) in [6.45, 7) is 8.94. The fraction of sp³-hybridized carbons (Fsp3) is 0.355. The van der Waals surface area contributed by atoms with E-state index in [4.69, 9.17) is 89.3 Å². The van der Waals surface area contributed by atoms with Crippen LogP contribution in [-0.2, 0) is 45.1 Å². The lowest BCUT2D eigenvalue weighted by Crippen LogP contribution is -2.10. The molecule has 4 heterocycles. The molecule has 96 heavy (non-hydrogen) atoms. The molecular formula is C62H84Cl8N8O18. The van der Waals surface area contributed by atoms with Crippen LogP contribution in [0.4, 0.5) is 0 Å². The van der Waals surface area contributed by atoms with Gasteiger partial charge in [0.15, 0.2) is 23.0 Å². The van der Waals surface area contributed by atoms with Crippen molar-refractivity contribution in [3.63, 3.8) is 0 Å². The third kappa shape index (κ3) is 21.0. The monoisotopic (exact) mass is 1510 g/mol. The zero-order valence-electron chi connectivity index (χ0n) is 55.1. The van der Waals surface area contributed by atoms with Crippen molar-refractivity contribution in [1.82, 2.24) is 19.9 Å². The number of aromatic nitrogens is 4. The van der Waals surface area contributed by atoms with E-state index in [2.05, 4.69) is 19.9 Å². The number of nitrogens with zero attached hydrogens (tertiary/aromatic N) is 4. The van der Waals surface area contributed by atoms with Crippen LogP contribution in [0.3, 0.4) is 0 Å². The van der Waals surface area contributed by atoms with Gasteiger partial charge in [-0.2, -0.15) is 0 Å². The molecule has 4 aromatic carbocycles. The summed E-state index contributed by atoms with van der Waals surface area (Å²) >= 11 is 0. The van der Waals surface area contributed by atoms with Crippen LogP contribution in [0, 0.1) is 0 Å². The highest BCUT2D eigenvalue weighted by Gasteiger charge is 2.27. The first-order valence-electron chi connectivity index (χ1n) is 27.3. The number of halogens is 8. The minimum atomic E-state index is -0.487. The molecule has 0 fully saturated rings. The van der Waals surface area contributed by atoms with Gasteiger partial charge in [0, 0.05) is 89.4 Å². The maximum Gasteiger partial charge on any atom is 0.340 e. The highest BCUT2D eigenvalue weighted by Crippen LogP contribution is 2.47. The van der Waals surface area contributed by atoms with Gasteiger partial charge in [0.2, 0.25) is 11.5 Å². The van der Waals surface area contributed by atoms with Crippen molar-refractivity contribution in [2.24, 2.45) is 22.9 Å². The topological polar surface area (TPSA) is 353 Å². The lowest BCUT2D eigenvalue weighted by Gasteiger charge is -2.17. The van der Waals surface area contributed by atoms with Gasteiger partial charge < -0.3 is 89.3 Å². The Kier molecular flexibility index (Phi) is 46.2. The third-order valence-electron chi connectivity index (χ3n) is 13.2.